The van der Waals surface area contributed by atoms with Gasteiger partial charge in [-0.3, -0.25) is 18.9 Å². The number of aromatic nitrogens is 2. The third-order valence-corrected chi connectivity index (χ3v) is 4.30. The van der Waals surface area contributed by atoms with Gasteiger partial charge in [0.15, 0.2) is 0 Å². The van der Waals surface area contributed by atoms with E-state index in [0.29, 0.717) is 0 Å². The lowest BCUT2D eigenvalue weighted by Gasteiger charge is -2.18. The van der Waals surface area contributed by atoms with Gasteiger partial charge in [0.05, 0.1) is 12.7 Å². The van der Waals surface area contributed by atoms with E-state index in [1.807, 2.05) is 4.98 Å². The second-order valence-electron chi connectivity index (χ2n) is 4.67. The lowest BCUT2D eigenvalue weighted by molar-refractivity contribution is -0.0445. The molecule has 4 N–H and O–H groups in total. The van der Waals surface area contributed by atoms with Crippen molar-refractivity contribution in [2.75, 3.05) is 6.61 Å². The first kappa shape index (κ1) is 18.8. The summed E-state index contributed by atoms with van der Waals surface area (Å²) in [6, 6.07) is 0. The number of hydrogen-bond donors (Lipinski definition) is 4. The van der Waals surface area contributed by atoms with Crippen LogP contribution in [0, 0.1) is 0 Å². The topological polar surface area (TPSA) is 200 Å². The number of rotatable bonds is 5. The molecule has 1 aliphatic rings. The van der Waals surface area contributed by atoms with Gasteiger partial charge in [-0.1, -0.05) is 0 Å². The Balaban J connectivity index is 2.35. The Labute approximate surface area is 140 Å². The summed E-state index contributed by atoms with van der Waals surface area (Å²) in [6.45, 7) is -0.627. The second kappa shape index (κ2) is 7.17. The number of nitrogens with one attached hydrogen (secondary N) is 1. The number of hydrogen-bond acceptors (Lipinski definition) is 7. The fourth-order valence-electron chi connectivity index (χ4n) is 2.11. The van der Waals surface area contributed by atoms with Gasteiger partial charge in [-0.25, -0.2) is 9.36 Å². The highest BCUT2D eigenvalue weighted by atomic mass is 79.9. The number of aliphatic hydroxyl groups is 1. The molecule has 0 bridgehead atoms. The summed E-state index contributed by atoms with van der Waals surface area (Å²) < 4.78 is 20.9. The van der Waals surface area contributed by atoms with Gasteiger partial charge in [0.2, 0.25) is 0 Å². The molecule has 13 nitrogen and oxygen atoms in total. The van der Waals surface area contributed by atoms with Gasteiger partial charge >= 0.3 is 13.5 Å². The molecule has 3 atom stereocenters. The average molecular weight is 428 g/mol. The molecule has 2 heterocycles. The molecule has 0 amide bonds. The van der Waals surface area contributed by atoms with Crippen LogP contribution in [-0.2, 0) is 13.8 Å². The molecule has 1 saturated heterocycles. The van der Waals surface area contributed by atoms with Crippen LogP contribution in [0.4, 0.5) is 5.82 Å². The summed E-state index contributed by atoms with van der Waals surface area (Å²) in [6.07, 6.45) is -3.66. The molecule has 0 radical (unpaired) electrons. The number of aliphatic hydroxyl groups excluding tert-OH is 1. The molecular weight excluding hydrogens is 417 g/mol. The summed E-state index contributed by atoms with van der Waals surface area (Å²) in [4.78, 5) is 45.4. The highest BCUT2D eigenvalue weighted by Crippen LogP contribution is 2.38. The molecule has 0 saturated carbocycles. The maximum atomic E-state index is 12.0. The minimum atomic E-state index is -4.76. The highest BCUT2D eigenvalue weighted by Gasteiger charge is 2.38. The number of nitrogens with zero attached hydrogens (tertiary/aromatic N) is 4. The van der Waals surface area contributed by atoms with Gasteiger partial charge < -0.3 is 19.6 Å². The van der Waals surface area contributed by atoms with Crippen LogP contribution in [-0.4, -0.2) is 43.3 Å². The number of phosphoric ester groups is 1. The molecule has 24 heavy (non-hydrogen) atoms. The monoisotopic (exact) mass is 427 g/mol. The van der Waals surface area contributed by atoms with E-state index in [1.54, 1.807) is 0 Å². The van der Waals surface area contributed by atoms with Crippen molar-refractivity contribution in [1.29, 1.82) is 0 Å². The molecule has 0 aliphatic carbocycles. The SMILES string of the molecule is [N-]=[N+]=Nc1c(Br)c(=O)[nH]c(=O)n1[C@H]1C[C@H](O)[C@@H](COP(=O)(O)O)O1. The Kier molecular flexibility index (Phi) is 5.63. The summed E-state index contributed by atoms with van der Waals surface area (Å²) in [5.74, 6) is -0.361. The number of halogens is 1. The standard InChI is InChI=1S/C9H11BrN5O8P/c10-6-7(13-14-11)15(9(18)12-8(6)17)5-1-3(16)4(23-5)2-22-24(19,20)21/h3-5,16H,1-2H2,(H,12,17,18)(H2,19,20,21)/t3-,4+,5+/m0/s1. The smallest absolute Gasteiger partial charge is 0.390 e. The summed E-state index contributed by atoms with van der Waals surface area (Å²) in [5, 5.41) is 13.2. The van der Waals surface area contributed by atoms with Gasteiger partial charge in [0, 0.05) is 11.3 Å². The number of phosphoric acid groups is 1. The van der Waals surface area contributed by atoms with Crippen LogP contribution >= 0.6 is 23.8 Å². The van der Waals surface area contributed by atoms with E-state index in [0.717, 1.165) is 4.57 Å². The predicted octanol–water partition coefficient (Wildman–Crippen LogP) is -0.00140. The van der Waals surface area contributed by atoms with E-state index >= 15 is 0 Å². The van der Waals surface area contributed by atoms with Crippen molar-refractivity contribution in [3.63, 3.8) is 0 Å². The molecule has 1 aliphatic heterocycles. The third-order valence-electron chi connectivity index (χ3n) is 3.10. The summed E-state index contributed by atoms with van der Waals surface area (Å²) in [5.41, 5.74) is 6.82. The zero-order valence-corrected chi connectivity index (χ0v) is 14.1. The van der Waals surface area contributed by atoms with Crippen molar-refractivity contribution in [1.82, 2.24) is 9.55 Å². The molecule has 0 aromatic carbocycles. The highest BCUT2D eigenvalue weighted by molar-refractivity contribution is 9.10. The lowest BCUT2D eigenvalue weighted by Crippen LogP contribution is -2.33. The van der Waals surface area contributed by atoms with E-state index < -0.39 is 44.1 Å². The normalized spacial score (nSPS) is 23.9. The van der Waals surface area contributed by atoms with Gasteiger partial charge in [-0.05, 0) is 26.6 Å². The Morgan fingerprint density at radius 1 is 1.54 bits per heavy atom. The third kappa shape index (κ3) is 4.12. The number of azide groups is 1. The fraction of sp³-hybridized carbons (Fsp3) is 0.556. The Hall–Kier alpha value is -1.50. The van der Waals surface area contributed by atoms with E-state index in [9.17, 15) is 19.3 Å². The fourth-order valence-corrected chi connectivity index (χ4v) is 2.82. The van der Waals surface area contributed by atoms with Crippen LogP contribution in [0.25, 0.3) is 10.4 Å². The number of ether oxygens (including phenoxy) is 1. The van der Waals surface area contributed by atoms with Gasteiger partial charge in [-0.15, -0.1) is 0 Å². The first-order valence-corrected chi connectivity index (χ1v) is 8.59. The molecule has 15 heteroatoms. The minimum Gasteiger partial charge on any atom is -0.390 e. The molecule has 0 spiro atoms. The minimum absolute atomic E-state index is 0.165. The van der Waals surface area contributed by atoms with Crippen LogP contribution < -0.4 is 11.2 Å². The van der Waals surface area contributed by atoms with Crippen LogP contribution in [0.3, 0.4) is 0 Å². The van der Waals surface area contributed by atoms with E-state index in [1.165, 1.54) is 0 Å². The van der Waals surface area contributed by atoms with Crippen molar-refractivity contribution >= 4 is 29.6 Å². The molecule has 0 unspecified atom stereocenters. The van der Waals surface area contributed by atoms with Gasteiger partial charge in [-0.2, -0.15) is 0 Å². The van der Waals surface area contributed by atoms with E-state index in [2.05, 4.69) is 30.5 Å². The Morgan fingerprint density at radius 2 is 2.21 bits per heavy atom. The van der Waals surface area contributed by atoms with Gasteiger partial charge in [0.25, 0.3) is 5.56 Å². The first-order valence-electron chi connectivity index (χ1n) is 6.27. The van der Waals surface area contributed by atoms with Crippen LogP contribution in [0.5, 0.6) is 0 Å². The largest absolute Gasteiger partial charge is 0.469 e. The maximum Gasteiger partial charge on any atom is 0.469 e. The quantitative estimate of drug-likeness (QED) is 0.217. The van der Waals surface area contributed by atoms with Crippen LogP contribution in [0.1, 0.15) is 12.6 Å². The van der Waals surface area contributed by atoms with Crippen LogP contribution in [0.2, 0.25) is 0 Å². The summed E-state index contributed by atoms with van der Waals surface area (Å²) in [7, 11) is -4.76. The zero-order chi connectivity index (χ0) is 18.1. The van der Waals surface area contributed by atoms with Crippen molar-refractivity contribution in [3.8, 4) is 0 Å². The second-order valence-corrected chi connectivity index (χ2v) is 6.71. The van der Waals surface area contributed by atoms with Crippen molar-refractivity contribution in [3.05, 3.63) is 35.8 Å². The number of H-pyrrole nitrogens is 1. The van der Waals surface area contributed by atoms with Crippen molar-refractivity contribution in [2.24, 2.45) is 5.11 Å². The Bertz CT molecular complexity index is 841. The van der Waals surface area contributed by atoms with Crippen molar-refractivity contribution in [2.45, 2.75) is 24.9 Å². The van der Waals surface area contributed by atoms with Crippen molar-refractivity contribution < 1.29 is 28.7 Å². The van der Waals surface area contributed by atoms with Gasteiger partial charge in [0.1, 0.15) is 22.6 Å². The average Bonchev–Trinajstić information content (AvgIpc) is 2.82. The predicted molar refractivity (Wildman–Crippen MR) is 80.4 cm³/mol. The first-order chi connectivity index (χ1) is 11.1. The molecule has 1 fully saturated rings. The molecule has 2 rings (SSSR count). The summed E-state index contributed by atoms with van der Waals surface area (Å²) >= 11 is 2.89. The molecule has 1 aromatic rings. The van der Waals surface area contributed by atoms with E-state index in [-0.39, 0.29) is 16.7 Å². The molecular formula is C9H11BrN5O8P. The zero-order valence-electron chi connectivity index (χ0n) is 11.6. The van der Waals surface area contributed by atoms with E-state index in [4.69, 9.17) is 20.1 Å². The molecule has 132 valence electrons. The lowest BCUT2D eigenvalue weighted by atomic mass is 10.2. The van der Waals surface area contributed by atoms with Crippen LogP contribution in [0.15, 0.2) is 19.2 Å². The maximum absolute atomic E-state index is 12.0. The molecule has 1 aromatic heterocycles. The Morgan fingerprint density at radius 3 is 2.79 bits per heavy atom. The number of aromatic amines is 1.